The average molecular weight is 520 g/mol. The Hall–Kier alpha value is -4.62. The number of anilines is 1. The van der Waals surface area contributed by atoms with Crippen LogP contribution in [-0.4, -0.2) is 47.5 Å². The summed E-state index contributed by atoms with van der Waals surface area (Å²) in [5.41, 5.74) is 4.96. The second-order valence-electron chi connectivity index (χ2n) is 9.84. The number of phenols is 1. The predicted octanol–water partition coefficient (Wildman–Crippen LogP) is 5.10. The first-order valence-electron chi connectivity index (χ1n) is 13.1. The summed E-state index contributed by atoms with van der Waals surface area (Å²) in [6, 6.07) is 21.7. The third-order valence-corrected chi connectivity index (χ3v) is 7.47. The van der Waals surface area contributed by atoms with Gasteiger partial charge in [0.2, 0.25) is 0 Å². The highest BCUT2D eigenvalue weighted by Crippen LogP contribution is 2.36. The lowest BCUT2D eigenvalue weighted by Gasteiger charge is -2.42. The summed E-state index contributed by atoms with van der Waals surface area (Å²) in [5.74, 6) is -0.948. The largest absolute Gasteiger partial charge is 0.507 e. The highest BCUT2D eigenvalue weighted by molar-refractivity contribution is 6.09. The first-order chi connectivity index (χ1) is 19.1. The maximum Gasteiger partial charge on any atom is 0.256 e. The smallest absolute Gasteiger partial charge is 0.256 e. The topological polar surface area (TPSA) is 90.9 Å². The minimum Gasteiger partial charge on any atom is -0.507 e. The number of amides is 1. The highest BCUT2D eigenvalue weighted by atomic mass is 16.5. The molecule has 0 spiro atoms. The number of hydrogen-bond acceptors (Lipinski definition) is 6. The second-order valence-corrected chi connectivity index (χ2v) is 9.84. The van der Waals surface area contributed by atoms with Gasteiger partial charge in [-0.15, -0.1) is 0 Å². The maximum atomic E-state index is 13.8. The van der Waals surface area contributed by atoms with Crippen molar-refractivity contribution in [2.75, 3.05) is 25.1 Å². The summed E-state index contributed by atoms with van der Waals surface area (Å²) in [5, 5.41) is 17.0. The number of aromatic hydroxyl groups is 1. The Morgan fingerprint density at radius 1 is 0.974 bits per heavy atom. The Morgan fingerprint density at radius 3 is 2.64 bits per heavy atom. The number of Topliss-reactive ketones (excluding diaryl/α,β-unsaturated/α-hetero) is 1. The van der Waals surface area contributed by atoms with Gasteiger partial charge < -0.3 is 25.4 Å². The van der Waals surface area contributed by atoms with Gasteiger partial charge >= 0.3 is 0 Å². The van der Waals surface area contributed by atoms with Crippen LogP contribution in [0.1, 0.15) is 27.1 Å². The number of ether oxygens (including phenoxy) is 1. The molecule has 1 amide bonds. The van der Waals surface area contributed by atoms with E-state index in [4.69, 9.17) is 4.74 Å². The first-order valence-corrected chi connectivity index (χ1v) is 13.1. The van der Waals surface area contributed by atoms with Crippen LogP contribution < -0.4 is 10.6 Å². The van der Waals surface area contributed by atoms with E-state index in [9.17, 15) is 14.7 Å². The zero-order valence-electron chi connectivity index (χ0n) is 21.3. The van der Waals surface area contributed by atoms with Crippen molar-refractivity contribution in [1.29, 1.82) is 0 Å². The molecule has 196 valence electrons. The second kappa shape index (κ2) is 10.6. The van der Waals surface area contributed by atoms with Crippen LogP contribution in [-0.2, 0) is 4.74 Å². The fourth-order valence-electron chi connectivity index (χ4n) is 5.60. The van der Waals surface area contributed by atoms with Gasteiger partial charge in [-0.1, -0.05) is 60.7 Å². The van der Waals surface area contributed by atoms with Gasteiger partial charge in [-0.3, -0.25) is 9.59 Å². The number of nitrogens with one attached hydrogen (secondary N) is 2. The van der Waals surface area contributed by atoms with E-state index in [1.165, 1.54) is 6.07 Å². The quantitative estimate of drug-likeness (QED) is 0.407. The van der Waals surface area contributed by atoms with Crippen molar-refractivity contribution < 1.29 is 19.4 Å². The van der Waals surface area contributed by atoms with E-state index in [1.807, 2.05) is 67.0 Å². The summed E-state index contributed by atoms with van der Waals surface area (Å²) in [6.45, 7) is 1.77. The molecule has 0 aromatic heterocycles. The molecule has 0 radical (unpaired) electrons. The zero-order valence-corrected chi connectivity index (χ0v) is 21.3. The van der Waals surface area contributed by atoms with Crippen molar-refractivity contribution in [3.8, 4) is 16.9 Å². The van der Waals surface area contributed by atoms with Crippen LogP contribution in [0.4, 0.5) is 5.69 Å². The molecule has 1 aliphatic carbocycles. The van der Waals surface area contributed by atoms with Gasteiger partial charge in [-0.25, -0.2) is 0 Å². The summed E-state index contributed by atoms with van der Waals surface area (Å²) in [7, 11) is 0. The van der Waals surface area contributed by atoms with Crippen molar-refractivity contribution in [2.45, 2.75) is 12.5 Å². The van der Waals surface area contributed by atoms with Crippen LogP contribution in [0.3, 0.4) is 0 Å². The number of allylic oxidation sites excluding steroid dienone is 1. The van der Waals surface area contributed by atoms with E-state index in [0.717, 1.165) is 22.4 Å². The van der Waals surface area contributed by atoms with Gasteiger partial charge in [-0.05, 0) is 41.3 Å². The van der Waals surface area contributed by atoms with E-state index in [0.29, 0.717) is 37.4 Å². The van der Waals surface area contributed by atoms with Crippen molar-refractivity contribution in [3.05, 3.63) is 120 Å². The lowest BCUT2D eigenvalue weighted by Crippen LogP contribution is -2.48. The van der Waals surface area contributed by atoms with Crippen molar-refractivity contribution in [1.82, 2.24) is 10.2 Å². The van der Waals surface area contributed by atoms with Crippen LogP contribution in [0, 0.1) is 5.92 Å². The fourth-order valence-corrected chi connectivity index (χ4v) is 5.60. The molecule has 1 fully saturated rings. The Morgan fingerprint density at radius 2 is 1.79 bits per heavy atom. The number of nitrogens with zero attached hydrogens (tertiary/aromatic N) is 1. The number of carbonyl (C=O) groups excluding carboxylic acids is 2. The van der Waals surface area contributed by atoms with Crippen LogP contribution >= 0.6 is 0 Å². The summed E-state index contributed by atoms with van der Waals surface area (Å²) in [6.07, 6.45) is 8.48. The van der Waals surface area contributed by atoms with Crippen LogP contribution in [0.5, 0.6) is 5.75 Å². The first kappa shape index (κ1) is 24.7. The lowest BCUT2D eigenvalue weighted by atomic mass is 9.79. The molecule has 39 heavy (non-hydrogen) atoms. The normalized spacial score (nSPS) is 19.9. The molecule has 0 saturated carbocycles. The Labute approximate surface area is 227 Å². The zero-order chi connectivity index (χ0) is 26.8. The lowest BCUT2D eigenvalue weighted by molar-refractivity contribution is 0.0454. The van der Waals surface area contributed by atoms with Crippen molar-refractivity contribution in [2.24, 2.45) is 5.92 Å². The van der Waals surface area contributed by atoms with Gasteiger partial charge in [-0.2, -0.15) is 0 Å². The van der Waals surface area contributed by atoms with Crippen LogP contribution in [0.25, 0.3) is 11.1 Å². The molecule has 3 aromatic rings. The highest BCUT2D eigenvalue weighted by Gasteiger charge is 2.39. The molecule has 7 heteroatoms. The van der Waals surface area contributed by atoms with E-state index in [2.05, 4.69) is 21.6 Å². The average Bonchev–Trinajstić information content (AvgIpc) is 3.17. The molecule has 2 atom stereocenters. The molecule has 1 saturated heterocycles. The summed E-state index contributed by atoms with van der Waals surface area (Å²) >= 11 is 0. The third-order valence-electron chi connectivity index (χ3n) is 7.47. The van der Waals surface area contributed by atoms with Gasteiger partial charge in [0, 0.05) is 36.3 Å². The minimum absolute atomic E-state index is 0.132. The molecule has 3 N–H and O–H groups in total. The van der Waals surface area contributed by atoms with Crippen molar-refractivity contribution in [3.63, 3.8) is 0 Å². The number of hydrogen-bond donors (Lipinski definition) is 3. The predicted molar refractivity (Wildman–Crippen MR) is 150 cm³/mol. The van der Waals surface area contributed by atoms with Crippen LogP contribution in [0.15, 0.2) is 109 Å². The SMILES string of the molecule is O=C(Nc1ccc(C(=O)C2CC=CC3=CNC=C4COCCN4[C@H]32)c(O)c1)c1ccccc1-c1ccccc1. The van der Waals surface area contributed by atoms with Gasteiger partial charge in [0.15, 0.2) is 5.78 Å². The standard InChI is InChI=1S/C32H29N3O4/c36-29-17-23(34-32(38)26-11-5-4-10-25(26)21-7-2-1-3-8-21)13-14-27(29)31(37)28-12-6-9-22-18-33-19-24-20-39-16-15-35(24)30(22)28/h1-11,13-14,17-19,28,30,33,36H,12,15-16,20H2,(H,34,38)/t28?,30-/m1/s1. The molecule has 3 aliphatic rings. The summed E-state index contributed by atoms with van der Waals surface area (Å²) in [4.78, 5) is 29.3. The Balaban J connectivity index is 1.24. The van der Waals surface area contributed by atoms with Gasteiger partial charge in [0.1, 0.15) is 5.75 Å². The third kappa shape index (κ3) is 4.84. The Kier molecular flexibility index (Phi) is 6.73. The monoisotopic (exact) mass is 519 g/mol. The molecular formula is C32H29N3O4. The molecule has 1 unspecified atom stereocenters. The fraction of sp³-hybridized carbons (Fsp3) is 0.188. The number of rotatable bonds is 5. The number of ketones is 1. The number of carbonyl (C=O) groups is 2. The summed E-state index contributed by atoms with van der Waals surface area (Å²) < 4.78 is 5.63. The van der Waals surface area contributed by atoms with Crippen molar-refractivity contribution >= 4 is 17.4 Å². The number of fused-ring (bicyclic) bond motifs is 3. The molecule has 2 heterocycles. The molecular weight excluding hydrogens is 490 g/mol. The van der Waals surface area contributed by atoms with Gasteiger partial charge in [0.05, 0.1) is 36.4 Å². The minimum atomic E-state index is -0.369. The van der Waals surface area contributed by atoms with E-state index < -0.39 is 0 Å². The molecule has 6 rings (SSSR count). The number of phenolic OH excluding ortho intramolecular Hbond substituents is 1. The van der Waals surface area contributed by atoms with E-state index >= 15 is 0 Å². The van der Waals surface area contributed by atoms with E-state index in [-0.39, 0.29) is 35.0 Å². The molecule has 3 aromatic carbocycles. The molecule has 2 aliphatic heterocycles. The maximum absolute atomic E-state index is 13.8. The molecule has 7 nitrogen and oxygen atoms in total. The van der Waals surface area contributed by atoms with Gasteiger partial charge in [0.25, 0.3) is 5.91 Å². The number of benzene rings is 3. The van der Waals surface area contributed by atoms with E-state index in [1.54, 1.807) is 18.2 Å². The number of morpholine rings is 1. The Bertz CT molecular complexity index is 1510. The van der Waals surface area contributed by atoms with Crippen LogP contribution in [0.2, 0.25) is 0 Å². The molecule has 0 bridgehead atoms.